The Kier molecular flexibility index (Phi) is 5.77. The number of para-hydroxylation sites is 1. The maximum Gasteiger partial charge on any atom is 0.279 e. The lowest BCUT2D eigenvalue weighted by molar-refractivity contribution is -0.395. The highest BCUT2D eigenvalue weighted by atomic mass is 16.6. The van der Waals surface area contributed by atoms with Gasteiger partial charge in [-0.2, -0.15) is 0 Å². The SMILES string of the molecule is Cc1c([N+](=O)[O-])cc(C(=O)N(Cc2ccco2)Cc2ccccc2O)cc1[N+](=O)[O-]. The van der Waals surface area contributed by atoms with Crippen molar-refractivity contribution < 1.29 is 24.2 Å². The number of nitro groups is 2. The highest BCUT2D eigenvalue weighted by molar-refractivity contribution is 5.96. The Labute approximate surface area is 170 Å². The molecule has 1 aromatic heterocycles. The summed E-state index contributed by atoms with van der Waals surface area (Å²) < 4.78 is 5.29. The molecule has 0 aliphatic rings. The summed E-state index contributed by atoms with van der Waals surface area (Å²) in [6.45, 7) is 1.21. The van der Waals surface area contributed by atoms with E-state index in [1.807, 2.05) is 0 Å². The summed E-state index contributed by atoms with van der Waals surface area (Å²) in [4.78, 5) is 35.6. The second-order valence-electron chi connectivity index (χ2n) is 6.52. The number of rotatable bonds is 7. The van der Waals surface area contributed by atoms with E-state index in [-0.39, 0.29) is 30.0 Å². The van der Waals surface area contributed by atoms with Crippen molar-refractivity contribution in [2.45, 2.75) is 20.0 Å². The number of benzene rings is 2. The van der Waals surface area contributed by atoms with Gasteiger partial charge in [-0.25, -0.2) is 0 Å². The van der Waals surface area contributed by atoms with Gasteiger partial charge >= 0.3 is 0 Å². The molecule has 1 heterocycles. The molecule has 2 aromatic carbocycles. The molecule has 0 aliphatic carbocycles. The molecule has 3 rings (SSSR count). The van der Waals surface area contributed by atoms with Crippen LogP contribution in [0.3, 0.4) is 0 Å². The summed E-state index contributed by atoms with van der Waals surface area (Å²) in [5.41, 5.74) is -0.949. The first-order chi connectivity index (χ1) is 14.3. The van der Waals surface area contributed by atoms with Gasteiger partial charge in [0.15, 0.2) is 0 Å². The van der Waals surface area contributed by atoms with Crippen LogP contribution in [0.25, 0.3) is 0 Å². The minimum atomic E-state index is -0.765. The predicted molar refractivity (Wildman–Crippen MR) is 105 cm³/mol. The zero-order valence-electron chi connectivity index (χ0n) is 15.8. The third kappa shape index (κ3) is 4.27. The molecule has 0 atom stereocenters. The molecule has 0 saturated carbocycles. The van der Waals surface area contributed by atoms with Crippen LogP contribution in [0.2, 0.25) is 0 Å². The van der Waals surface area contributed by atoms with E-state index in [0.29, 0.717) is 11.3 Å². The molecule has 0 spiro atoms. The van der Waals surface area contributed by atoms with Crippen molar-refractivity contribution in [1.29, 1.82) is 0 Å². The van der Waals surface area contributed by atoms with Gasteiger partial charge in [0.1, 0.15) is 17.1 Å². The molecule has 30 heavy (non-hydrogen) atoms. The van der Waals surface area contributed by atoms with Crippen LogP contribution in [0.1, 0.15) is 27.2 Å². The number of hydrogen-bond acceptors (Lipinski definition) is 7. The van der Waals surface area contributed by atoms with E-state index in [0.717, 1.165) is 12.1 Å². The monoisotopic (exact) mass is 411 g/mol. The van der Waals surface area contributed by atoms with Crippen molar-refractivity contribution in [3.05, 3.63) is 97.5 Å². The van der Waals surface area contributed by atoms with Crippen molar-refractivity contribution >= 4 is 17.3 Å². The molecule has 0 fully saturated rings. The molecule has 1 N–H and O–H groups in total. The van der Waals surface area contributed by atoms with Gasteiger partial charge in [-0.3, -0.25) is 25.0 Å². The number of carbonyl (C=O) groups excluding carboxylic acids is 1. The number of phenolic OH excluding ortho intramolecular Hbond substituents is 1. The lowest BCUT2D eigenvalue weighted by Crippen LogP contribution is -2.30. The molecule has 0 saturated heterocycles. The molecule has 1 amide bonds. The van der Waals surface area contributed by atoms with E-state index >= 15 is 0 Å². The van der Waals surface area contributed by atoms with Gasteiger partial charge in [0.05, 0.1) is 34.8 Å². The number of aromatic hydroxyl groups is 1. The number of nitro benzene ring substituents is 2. The molecular weight excluding hydrogens is 394 g/mol. The van der Waals surface area contributed by atoms with Gasteiger partial charge in [0.25, 0.3) is 17.3 Å². The van der Waals surface area contributed by atoms with E-state index in [9.17, 15) is 30.1 Å². The van der Waals surface area contributed by atoms with Crippen LogP contribution in [0.4, 0.5) is 11.4 Å². The van der Waals surface area contributed by atoms with Gasteiger partial charge in [0, 0.05) is 17.7 Å². The van der Waals surface area contributed by atoms with E-state index in [4.69, 9.17) is 4.42 Å². The molecule has 0 bridgehead atoms. The van der Waals surface area contributed by atoms with E-state index in [2.05, 4.69) is 0 Å². The molecule has 0 radical (unpaired) electrons. The van der Waals surface area contributed by atoms with E-state index in [1.165, 1.54) is 24.2 Å². The second-order valence-corrected chi connectivity index (χ2v) is 6.52. The van der Waals surface area contributed by atoms with Crippen LogP contribution in [0.15, 0.2) is 59.2 Å². The number of furan rings is 1. The molecule has 0 unspecified atom stereocenters. The lowest BCUT2D eigenvalue weighted by Gasteiger charge is -2.22. The van der Waals surface area contributed by atoms with Crippen molar-refractivity contribution in [3.8, 4) is 5.75 Å². The quantitative estimate of drug-likeness (QED) is 0.458. The highest BCUT2D eigenvalue weighted by Crippen LogP contribution is 2.30. The third-order valence-electron chi connectivity index (χ3n) is 4.56. The van der Waals surface area contributed by atoms with Crippen molar-refractivity contribution in [1.82, 2.24) is 4.90 Å². The summed E-state index contributed by atoms with van der Waals surface area (Å²) in [6, 6.07) is 11.7. The smallest absolute Gasteiger partial charge is 0.279 e. The van der Waals surface area contributed by atoms with Gasteiger partial charge in [-0.05, 0) is 25.1 Å². The van der Waals surface area contributed by atoms with Gasteiger partial charge in [-0.1, -0.05) is 18.2 Å². The average Bonchev–Trinajstić information content (AvgIpc) is 3.21. The van der Waals surface area contributed by atoms with Crippen LogP contribution in [0.5, 0.6) is 5.75 Å². The first-order valence-corrected chi connectivity index (χ1v) is 8.80. The summed E-state index contributed by atoms with van der Waals surface area (Å²) in [5, 5.41) is 32.8. The number of carbonyl (C=O) groups is 1. The maximum absolute atomic E-state index is 13.2. The number of nitrogens with zero attached hydrogens (tertiary/aromatic N) is 3. The molecule has 10 heteroatoms. The van der Waals surface area contributed by atoms with E-state index in [1.54, 1.807) is 30.3 Å². The third-order valence-corrected chi connectivity index (χ3v) is 4.56. The maximum atomic E-state index is 13.2. The van der Waals surface area contributed by atoms with Gasteiger partial charge in [-0.15, -0.1) is 0 Å². The average molecular weight is 411 g/mol. The van der Waals surface area contributed by atoms with Crippen LogP contribution < -0.4 is 0 Å². The number of phenols is 1. The Morgan fingerprint density at radius 2 is 1.67 bits per heavy atom. The van der Waals surface area contributed by atoms with Crippen molar-refractivity contribution in [2.24, 2.45) is 0 Å². The van der Waals surface area contributed by atoms with Gasteiger partial charge in [0.2, 0.25) is 0 Å². The molecular formula is C20H17N3O7. The molecule has 0 aliphatic heterocycles. The van der Waals surface area contributed by atoms with Crippen molar-refractivity contribution in [2.75, 3.05) is 0 Å². The fraction of sp³-hybridized carbons (Fsp3) is 0.150. The normalized spacial score (nSPS) is 10.6. The fourth-order valence-corrected chi connectivity index (χ4v) is 3.01. The van der Waals surface area contributed by atoms with Crippen molar-refractivity contribution in [3.63, 3.8) is 0 Å². The summed E-state index contributed by atoms with van der Waals surface area (Å²) >= 11 is 0. The van der Waals surface area contributed by atoms with Gasteiger partial charge < -0.3 is 14.4 Å². The minimum absolute atomic E-state index is 0.00433. The minimum Gasteiger partial charge on any atom is -0.508 e. The summed E-state index contributed by atoms with van der Waals surface area (Å²) in [7, 11) is 0. The highest BCUT2D eigenvalue weighted by Gasteiger charge is 2.28. The Morgan fingerprint density at radius 1 is 1.03 bits per heavy atom. The first kappa shape index (κ1) is 20.5. The Bertz CT molecular complexity index is 1070. The standard InChI is InChI=1S/C20H17N3O7/c1-13-17(22(26)27)9-15(10-18(13)23(28)29)20(25)21(12-16-6-4-8-30-16)11-14-5-2-3-7-19(14)24/h2-10,24H,11-12H2,1H3. The molecule has 10 nitrogen and oxygen atoms in total. The zero-order valence-corrected chi connectivity index (χ0v) is 15.8. The number of amides is 1. The molecule has 154 valence electrons. The summed E-state index contributed by atoms with van der Waals surface area (Å²) in [6.07, 6.45) is 1.43. The Balaban J connectivity index is 2.05. The topological polar surface area (TPSA) is 140 Å². The second kappa shape index (κ2) is 8.43. The molecule has 3 aromatic rings. The predicted octanol–water partition coefficient (Wildman–Crippen LogP) is 3.95. The van der Waals surface area contributed by atoms with Crippen LogP contribution in [-0.4, -0.2) is 25.8 Å². The Morgan fingerprint density at radius 3 is 2.20 bits per heavy atom. The Hall–Kier alpha value is -4.21. The summed E-state index contributed by atoms with van der Waals surface area (Å²) in [5.74, 6) is -0.272. The van der Waals surface area contributed by atoms with Crippen LogP contribution in [-0.2, 0) is 13.1 Å². The largest absolute Gasteiger partial charge is 0.508 e. The van der Waals surface area contributed by atoms with Crippen LogP contribution >= 0.6 is 0 Å². The zero-order chi connectivity index (χ0) is 21.8. The number of hydrogen-bond donors (Lipinski definition) is 1. The van der Waals surface area contributed by atoms with Crippen LogP contribution in [0, 0.1) is 27.2 Å². The fourth-order valence-electron chi connectivity index (χ4n) is 3.01. The first-order valence-electron chi connectivity index (χ1n) is 8.80. The van der Waals surface area contributed by atoms with E-state index < -0.39 is 27.1 Å². The lowest BCUT2D eigenvalue weighted by atomic mass is 10.1.